The molecule has 4 nitrogen and oxygen atoms in total. The SMILES string of the molecule is OC1CCCN(c2ccncn2)C1. The van der Waals surface area contributed by atoms with Crippen LogP contribution in [0.25, 0.3) is 0 Å². The minimum atomic E-state index is -0.205. The van der Waals surface area contributed by atoms with Crippen molar-refractivity contribution < 1.29 is 5.11 Å². The molecule has 4 heteroatoms. The Kier molecular flexibility index (Phi) is 2.40. The Labute approximate surface area is 77.2 Å². The van der Waals surface area contributed by atoms with E-state index in [-0.39, 0.29) is 6.10 Å². The summed E-state index contributed by atoms with van der Waals surface area (Å²) in [5.74, 6) is 0.911. The molecule has 0 aromatic carbocycles. The smallest absolute Gasteiger partial charge is 0.131 e. The van der Waals surface area contributed by atoms with Crippen molar-refractivity contribution in [1.82, 2.24) is 9.97 Å². The first kappa shape index (κ1) is 8.44. The van der Waals surface area contributed by atoms with E-state index in [2.05, 4.69) is 14.9 Å². The van der Waals surface area contributed by atoms with Crippen molar-refractivity contribution in [3.05, 3.63) is 18.6 Å². The predicted molar refractivity (Wildman–Crippen MR) is 49.5 cm³/mol. The molecule has 0 spiro atoms. The summed E-state index contributed by atoms with van der Waals surface area (Å²) < 4.78 is 0. The van der Waals surface area contributed by atoms with E-state index in [0.717, 1.165) is 25.2 Å². The standard InChI is InChI=1S/C9H13N3O/c13-8-2-1-5-12(6-8)9-3-4-10-7-11-9/h3-4,7-8,13H,1-2,5-6H2. The summed E-state index contributed by atoms with van der Waals surface area (Å²) in [6.45, 7) is 1.67. The quantitative estimate of drug-likeness (QED) is 0.679. The van der Waals surface area contributed by atoms with Crippen LogP contribution in [-0.4, -0.2) is 34.3 Å². The van der Waals surface area contributed by atoms with E-state index in [9.17, 15) is 5.11 Å². The second-order valence-corrected chi connectivity index (χ2v) is 3.31. The third-order valence-electron chi connectivity index (χ3n) is 2.29. The fourth-order valence-corrected chi connectivity index (χ4v) is 1.63. The molecule has 1 aliphatic heterocycles. The number of aromatic nitrogens is 2. The van der Waals surface area contributed by atoms with Crippen molar-refractivity contribution in [3.8, 4) is 0 Å². The highest BCUT2D eigenvalue weighted by Crippen LogP contribution is 2.16. The fourth-order valence-electron chi connectivity index (χ4n) is 1.63. The lowest BCUT2D eigenvalue weighted by molar-refractivity contribution is 0.154. The molecule has 1 unspecified atom stereocenters. The number of aliphatic hydroxyl groups is 1. The Morgan fingerprint density at radius 1 is 1.54 bits per heavy atom. The first-order valence-corrected chi connectivity index (χ1v) is 4.55. The molecule has 0 aliphatic carbocycles. The summed E-state index contributed by atoms with van der Waals surface area (Å²) in [7, 11) is 0. The second kappa shape index (κ2) is 3.70. The van der Waals surface area contributed by atoms with Gasteiger partial charge in [0.2, 0.25) is 0 Å². The molecule has 1 aliphatic rings. The number of β-amino-alcohol motifs (C(OH)–C–C–N with tert-alkyl or cyclic N) is 1. The van der Waals surface area contributed by atoms with Gasteiger partial charge in [0, 0.05) is 19.3 Å². The topological polar surface area (TPSA) is 49.2 Å². The summed E-state index contributed by atoms with van der Waals surface area (Å²) in [5.41, 5.74) is 0. The van der Waals surface area contributed by atoms with E-state index < -0.39 is 0 Å². The zero-order valence-electron chi connectivity index (χ0n) is 7.43. The molecule has 0 saturated carbocycles. The maximum absolute atomic E-state index is 9.46. The first-order chi connectivity index (χ1) is 6.36. The minimum Gasteiger partial charge on any atom is -0.391 e. The fraction of sp³-hybridized carbons (Fsp3) is 0.556. The molecule has 0 amide bonds. The number of hydrogen-bond donors (Lipinski definition) is 1. The number of nitrogens with zero attached hydrogens (tertiary/aromatic N) is 3. The molecule has 0 bridgehead atoms. The highest BCUT2D eigenvalue weighted by Gasteiger charge is 2.18. The van der Waals surface area contributed by atoms with E-state index in [1.807, 2.05) is 6.07 Å². The van der Waals surface area contributed by atoms with Crippen LogP contribution >= 0.6 is 0 Å². The van der Waals surface area contributed by atoms with E-state index in [1.165, 1.54) is 6.33 Å². The van der Waals surface area contributed by atoms with Crippen LogP contribution in [0.3, 0.4) is 0 Å². The van der Waals surface area contributed by atoms with Crippen LogP contribution in [-0.2, 0) is 0 Å². The summed E-state index contributed by atoms with van der Waals surface area (Å²) in [5, 5.41) is 9.46. The normalized spacial score (nSPS) is 23.2. The van der Waals surface area contributed by atoms with Crippen LogP contribution in [0.4, 0.5) is 5.82 Å². The molecule has 2 heterocycles. The zero-order valence-corrected chi connectivity index (χ0v) is 7.43. The average Bonchev–Trinajstić information content (AvgIpc) is 2.19. The Morgan fingerprint density at radius 2 is 2.46 bits per heavy atom. The van der Waals surface area contributed by atoms with Gasteiger partial charge in [0.15, 0.2) is 0 Å². The van der Waals surface area contributed by atoms with Gasteiger partial charge in [-0.1, -0.05) is 0 Å². The van der Waals surface area contributed by atoms with E-state index in [1.54, 1.807) is 6.20 Å². The molecule has 1 aromatic heterocycles. The molecule has 1 N–H and O–H groups in total. The predicted octanol–water partition coefficient (Wildman–Crippen LogP) is 0.438. The molecule has 1 atom stereocenters. The summed E-state index contributed by atoms with van der Waals surface area (Å²) >= 11 is 0. The number of piperidine rings is 1. The average molecular weight is 179 g/mol. The lowest BCUT2D eigenvalue weighted by Gasteiger charge is -2.30. The Morgan fingerprint density at radius 3 is 3.15 bits per heavy atom. The van der Waals surface area contributed by atoms with Crippen molar-refractivity contribution in [2.75, 3.05) is 18.0 Å². The Hall–Kier alpha value is -1.16. The van der Waals surface area contributed by atoms with Gasteiger partial charge in [-0.25, -0.2) is 9.97 Å². The van der Waals surface area contributed by atoms with Gasteiger partial charge >= 0.3 is 0 Å². The third-order valence-corrected chi connectivity index (χ3v) is 2.29. The molecule has 13 heavy (non-hydrogen) atoms. The van der Waals surface area contributed by atoms with Gasteiger partial charge in [-0.15, -0.1) is 0 Å². The van der Waals surface area contributed by atoms with Gasteiger partial charge in [-0.05, 0) is 18.9 Å². The summed E-state index contributed by atoms with van der Waals surface area (Å²) in [6.07, 6.45) is 5.00. The molecule has 70 valence electrons. The third kappa shape index (κ3) is 1.95. The maximum atomic E-state index is 9.46. The van der Waals surface area contributed by atoms with Crippen molar-refractivity contribution in [2.45, 2.75) is 18.9 Å². The van der Waals surface area contributed by atoms with Gasteiger partial charge < -0.3 is 10.0 Å². The van der Waals surface area contributed by atoms with E-state index >= 15 is 0 Å². The van der Waals surface area contributed by atoms with Crippen molar-refractivity contribution >= 4 is 5.82 Å². The number of aliphatic hydroxyl groups excluding tert-OH is 1. The lowest BCUT2D eigenvalue weighted by atomic mass is 10.1. The van der Waals surface area contributed by atoms with Crippen LogP contribution in [0.1, 0.15) is 12.8 Å². The van der Waals surface area contributed by atoms with Crippen LogP contribution in [0.2, 0.25) is 0 Å². The Balaban J connectivity index is 2.08. The molecule has 2 rings (SSSR count). The van der Waals surface area contributed by atoms with E-state index in [4.69, 9.17) is 0 Å². The minimum absolute atomic E-state index is 0.205. The molecule has 1 aromatic rings. The molecule has 0 radical (unpaired) electrons. The molecule has 1 saturated heterocycles. The van der Waals surface area contributed by atoms with Gasteiger partial charge in [-0.2, -0.15) is 0 Å². The number of hydrogen-bond acceptors (Lipinski definition) is 4. The van der Waals surface area contributed by atoms with Crippen molar-refractivity contribution in [3.63, 3.8) is 0 Å². The monoisotopic (exact) mass is 179 g/mol. The van der Waals surface area contributed by atoms with Crippen LogP contribution in [0.5, 0.6) is 0 Å². The number of rotatable bonds is 1. The largest absolute Gasteiger partial charge is 0.391 e. The highest BCUT2D eigenvalue weighted by atomic mass is 16.3. The van der Waals surface area contributed by atoms with Gasteiger partial charge in [0.05, 0.1) is 6.10 Å². The summed E-state index contributed by atoms with van der Waals surface area (Å²) in [6, 6.07) is 1.87. The Bertz CT molecular complexity index is 265. The van der Waals surface area contributed by atoms with Gasteiger partial charge in [-0.3, -0.25) is 0 Å². The van der Waals surface area contributed by atoms with Crippen molar-refractivity contribution in [1.29, 1.82) is 0 Å². The highest BCUT2D eigenvalue weighted by molar-refractivity contribution is 5.36. The van der Waals surface area contributed by atoms with Crippen LogP contribution in [0, 0.1) is 0 Å². The molecular weight excluding hydrogens is 166 g/mol. The zero-order chi connectivity index (χ0) is 9.10. The number of anilines is 1. The molecule has 1 fully saturated rings. The van der Waals surface area contributed by atoms with Crippen molar-refractivity contribution in [2.24, 2.45) is 0 Å². The first-order valence-electron chi connectivity index (χ1n) is 4.55. The lowest BCUT2D eigenvalue weighted by Crippen LogP contribution is -2.38. The maximum Gasteiger partial charge on any atom is 0.131 e. The van der Waals surface area contributed by atoms with Crippen LogP contribution < -0.4 is 4.90 Å². The van der Waals surface area contributed by atoms with Gasteiger partial charge in [0.1, 0.15) is 12.1 Å². The van der Waals surface area contributed by atoms with Crippen LogP contribution in [0.15, 0.2) is 18.6 Å². The second-order valence-electron chi connectivity index (χ2n) is 3.31. The van der Waals surface area contributed by atoms with E-state index in [0.29, 0.717) is 6.54 Å². The molecular formula is C9H13N3O. The summed E-state index contributed by atoms with van der Waals surface area (Å²) in [4.78, 5) is 10.1. The van der Waals surface area contributed by atoms with Gasteiger partial charge in [0.25, 0.3) is 0 Å².